The molecule has 0 amide bonds. The van der Waals surface area contributed by atoms with Crippen LogP contribution >= 0.6 is 24.1 Å². The van der Waals surface area contributed by atoms with Gasteiger partial charge in [-0.25, -0.2) is 0 Å². The summed E-state index contributed by atoms with van der Waals surface area (Å²) in [6, 6.07) is 0. The van der Waals surface area contributed by atoms with Crippen LogP contribution in [0, 0.1) is 0 Å². The maximum Gasteiger partial charge on any atom is 0.318 e. The van der Waals surface area contributed by atoms with Gasteiger partial charge in [0.25, 0.3) is 0 Å². The molecule has 0 aliphatic heterocycles. The van der Waals surface area contributed by atoms with Gasteiger partial charge in [-0.05, 0) is 12.8 Å². The fraction of sp³-hybridized carbons (Fsp3) is 0.929. The van der Waals surface area contributed by atoms with Gasteiger partial charge in [-0.2, -0.15) is 0 Å². The average molecular weight is 519 g/mol. The van der Waals surface area contributed by atoms with Crippen molar-refractivity contribution in [1.29, 1.82) is 0 Å². The molecule has 0 aromatic carbocycles. The maximum absolute atomic E-state index is 11.7. The quantitative estimate of drug-likeness (QED) is 0.0796. The molecule has 0 atom stereocenters. The highest BCUT2D eigenvalue weighted by Crippen LogP contribution is 2.16. The fourth-order valence-electron chi connectivity index (χ4n) is 3.80. The third-order valence-corrected chi connectivity index (χ3v) is 7.52. The van der Waals surface area contributed by atoms with Crippen molar-refractivity contribution >= 4 is 36.0 Å². The van der Waals surface area contributed by atoms with Crippen LogP contribution in [0.4, 0.5) is 0 Å². The summed E-state index contributed by atoms with van der Waals surface area (Å²) in [5.74, 6) is 1.02. The first kappa shape index (κ1) is 33.6. The largest absolute Gasteiger partial charge is 0.391 e. The van der Waals surface area contributed by atoms with E-state index in [-0.39, 0.29) is 24.8 Å². The Morgan fingerprint density at radius 3 is 1.00 bits per heavy atom. The minimum absolute atomic E-state index is 0.0999. The van der Waals surface area contributed by atoms with Gasteiger partial charge in [-0.3, -0.25) is 9.59 Å². The molecule has 0 N–H and O–H groups in total. The molecule has 6 heteroatoms. The zero-order chi connectivity index (χ0) is 25.0. The van der Waals surface area contributed by atoms with Crippen LogP contribution in [-0.4, -0.2) is 23.4 Å². The van der Waals surface area contributed by atoms with Crippen LogP contribution in [0.25, 0.3) is 0 Å². The van der Waals surface area contributed by atoms with Crippen molar-refractivity contribution in [1.82, 2.24) is 0 Å². The third-order valence-electron chi connectivity index (χ3n) is 6.00. The van der Waals surface area contributed by atoms with E-state index in [4.69, 9.17) is 8.37 Å². The van der Waals surface area contributed by atoms with Crippen LogP contribution < -0.4 is 0 Å². The van der Waals surface area contributed by atoms with Gasteiger partial charge < -0.3 is 8.37 Å². The Bertz CT molecular complexity index is 406. The summed E-state index contributed by atoms with van der Waals surface area (Å²) in [5.41, 5.74) is 0. The predicted octanol–water partition coefficient (Wildman–Crippen LogP) is 9.99. The molecule has 0 saturated carbocycles. The van der Waals surface area contributed by atoms with Crippen molar-refractivity contribution in [3.05, 3.63) is 0 Å². The molecule has 0 spiro atoms. The Kier molecular flexibility index (Phi) is 28.6. The average Bonchev–Trinajstić information content (AvgIpc) is 2.84. The number of carbonyl (C=O) groups is 2. The number of hydrogen-bond acceptors (Lipinski definition) is 6. The van der Waals surface area contributed by atoms with E-state index in [1.165, 1.54) is 140 Å². The topological polar surface area (TPSA) is 52.6 Å². The van der Waals surface area contributed by atoms with Gasteiger partial charge in [0, 0.05) is 11.5 Å². The summed E-state index contributed by atoms with van der Waals surface area (Å²) in [6.07, 6.45) is 26.2. The lowest BCUT2D eigenvalue weighted by atomic mass is 10.1. The van der Waals surface area contributed by atoms with Gasteiger partial charge in [-0.1, -0.05) is 129 Å². The zero-order valence-corrected chi connectivity index (χ0v) is 24.1. The summed E-state index contributed by atoms with van der Waals surface area (Å²) in [5, 5.41) is 0. The van der Waals surface area contributed by atoms with Crippen molar-refractivity contribution in [3.63, 3.8) is 0 Å². The standard InChI is InChI=1S/C28H54O4S2/c1-3-5-7-9-11-13-15-17-19-21-25-33-31-27(29)23-24-28(30)32-34-26-22-20-18-16-14-12-10-8-6-4-2/h3-26H2,1-2H3. The summed E-state index contributed by atoms with van der Waals surface area (Å²) < 4.78 is 10.3. The smallest absolute Gasteiger partial charge is 0.318 e. The first-order valence-electron chi connectivity index (χ1n) is 14.3. The highest BCUT2D eigenvalue weighted by molar-refractivity contribution is 7.95. The Hall–Kier alpha value is -0.360. The molecule has 0 radical (unpaired) electrons. The Labute approximate surface area is 220 Å². The van der Waals surface area contributed by atoms with Crippen LogP contribution in [0.3, 0.4) is 0 Å². The lowest BCUT2D eigenvalue weighted by Crippen LogP contribution is -2.06. The minimum Gasteiger partial charge on any atom is -0.391 e. The van der Waals surface area contributed by atoms with E-state index in [0.717, 1.165) is 24.3 Å². The molecule has 4 nitrogen and oxygen atoms in total. The van der Waals surface area contributed by atoms with Crippen molar-refractivity contribution in [3.8, 4) is 0 Å². The number of carbonyl (C=O) groups excluding carboxylic acids is 2. The lowest BCUT2D eigenvalue weighted by Gasteiger charge is -2.05. The third kappa shape index (κ3) is 27.9. The highest BCUT2D eigenvalue weighted by Gasteiger charge is 2.10. The zero-order valence-electron chi connectivity index (χ0n) is 22.4. The molecular formula is C28H54O4S2. The van der Waals surface area contributed by atoms with Crippen molar-refractivity contribution in [2.75, 3.05) is 11.5 Å². The molecule has 0 unspecified atom stereocenters. The van der Waals surface area contributed by atoms with Crippen molar-refractivity contribution in [2.24, 2.45) is 0 Å². The monoisotopic (exact) mass is 518 g/mol. The second kappa shape index (κ2) is 28.9. The summed E-state index contributed by atoms with van der Waals surface area (Å²) in [4.78, 5) is 23.5. The normalized spacial score (nSPS) is 11.0. The molecule has 0 bridgehead atoms. The number of rotatable bonds is 27. The predicted molar refractivity (Wildman–Crippen MR) is 150 cm³/mol. The molecule has 34 heavy (non-hydrogen) atoms. The SMILES string of the molecule is CCCCCCCCCCCCSOC(=O)CCC(=O)OSCCCCCCCCCCCC. The molecule has 0 saturated heterocycles. The molecule has 0 aromatic heterocycles. The van der Waals surface area contributed by atoms with Gasteiger partial charge in [0.15, 0.2) is 0 Å². The van der Waals surface area contributed by atoms with Crippen molar-refractivity contribution in [2.45, 2.75) is 155 Å². The fourth-order valence-corrected chi connectivity index (χ4v) is 5.04. The second-order valence-electron chi connectivity index (χ2n) is 9.42. The number of hydrogen-bond donors (Lipinski definition) is 0. The Balaban J connectivity index is 3.29. The van der Waals surface area contributed by atoms with E-state index in [1.807, 2.05) is 0 Å². The second-order valence-corrected chi connectivity index (χ2v) is 11.0. The van der Waals surface area contributed by atoms with Gasteiger partial charge >= 0.3 is 11.9 Å². The van der Waals surface area contributed by atoms with E-state index in [1.54, 1.807) is 0 Å². The molecule has 0 rings (SSSR count). The van der Waals surface area contributed by atoms with Crippen LogP contribution in [-0.2, 0) is 18.0 Å². The van der Waals surface area contributed by atoms with E-state index in [0.29, 0.717) is 0 Å². The maximum atomic E-state index is 11.7. The van der Waals surface area contributed by atoms with E-state index < -0.39 is 0 Å². The van der Waals surface area contributed by atoms with E-state index >= 15 is 0 Å². The first-order valence-corrected chi connectivity index (χ1v) is 16.2. The Morgan fingerprint density at radius 1 is 0.441 bits per heavy atom. The van der Waals surface area contributed by atoms with Crippen LogP contribution in [0.15, 0.2) is 0 Å². The lowest BCUT2D eigenvalue weighted by molar-refractivity contribution is -0.139. The summed E-state index contributed by atoms with van der Waals surface area (Å²) >= 11 is 2.44. The van der Waals surface area contributed by atoms with E-state index in [9.17, 15) is 9.59 Å². The molecular weight excluding hydrogens is 464 g/mol. The van der Waals surface area contributed by atoms with Gasteiger partial charge in [0.2, 0.25) is 0 Å². The summed E-state index contributed by atoms with van der Waals surface area (Å²) in [6.45, 7) is 4.51. The van der Waals surface area contributed by atoms with Crippen LogP contribution in [0.2, 0.25) is 0 Å². The highest BCUT2D eigenvalue weighted by atomic mass is 32.2. The molecule has 0 fully saturated rings. The van der Waals surface area contributed by atoms with Crippen molar-refractivity contribution < 1.29 is 18.0 Å². The molecule has 0 aliphatic rings. The molecule has 0 aliphatic carbocycles. The summed E-state index contributed by atoms with van der Waals surface area (Å²) in [7, 11) is 0. The minimum atomic E-state index is -0.325. The van der Waals surface area contributed by atoms with Crippen LogP contribution in [0.1, 0.15) is 155 Å². The van der Waals surface area contributed by atoms with E-state index in [2.05, 4.69) is 13.8 Å². The first-order chi connectivity index (χ1) is 16.7. The number of unbranched alkanes of at least 4 members (excludes halogenated alkanes) is 18. The molecule has 202 valence electrons. The molecule has 0 heterocycles. The van der Waals surface area contributed by atoms with Gasteiger partial charge in [0.1, 0.15) is 0 Å². The Morgan fingerprint density at radius 2 is 0.706 bits per heavy atom. The van der Waals surface area contributed by atoms with Gasteiger partial charge in [-0.15, -0.1) is 0 Å². The molecule has 0 aromatic rings. The van der Waals surface area contributed by atoms with Crippen LogP contribution in [0.5, 0.6) is 0 Å². The van der Waals surface area contributed by atoms with Gasteiger partial charge in [0.05, 0.1) is 36.9 Å².